The van der Waals surface area contributed by atoms with Crippen LogP contribution in [-0.2, 0) is 14.8 Å². The van der Waals surface area contributed by atoms with Crippen molar-refractivity contribution in [1.82, 2.24) is 14.7 Å². The Kier molecular flexibility index (Phi) is 6.53. The number of sulfonamides is 1. The first kappa shape index (κ1) is 20.4. The van der Waals surface area contributed by atoms with Gasteiger partial charge in [-0.15, -0.1) is 0 Å². The largest absolute Gasteiger partial charge is 0.467 e. The lowest BCUT2D eigenvalue weighted by atomic mass is 10.2. The number of nitrogens with one attached hydrogen (secondary N) is 2. The molecule has 2 rings (SSSR count). The Morgan fingerprint density at radius 2 is 1.93 bits per heavy atom. The van der Waals surface area contributed by atoms with E-state index in [9.17, 15) is 18.0 Å². The van der Waals surface area contributed by atoms with Crippen LogP contribution < -0.4 is 14.8 Å². The zero-order valence-electron chi connectivity index (χ0n) is 14.2. The standard InChI is InChI=1S/C15H15ClN4O6S/c1-3-26-13(21)9-6-4-5-7-10(9)27(23,24)20-14(22)18-12-8-11(16)17-15(19-12)25-2/h4-8H,3H2,1-2H3,(H2,17,18,19,20,22). The van der Waals surface area contributed by atoms with Crippen LogP contribution in [0.2, 0.25) is 5.15 Å². The minimum atomic E-state index is -4.37. The van der Waals surface area contributed by atoms with Gasteiger partial charge in [-0.1, -0.05) is 23.7 Å². The maximum Gasteiger partial charge on any atom is 0.339 e. The number of hydrogen-bond acceptors (Lipinski definition) is 8. The van der Waals surface area contributed by atoms with Crippen LogP contribution in [-0.4, -0.2) is 44.1 Å². The lowest BCUT2D eigenvalue weighted by Crippen LogP contribution is -2.35. The fourth-order valence-electron chi connectivity index (χ4n) is 1.95. The topological polar surface area (TPSA) is 137 Å². The summed E-state index contributed by atoms with van der Waals surface area (Å²) in [5, 5.41) is 2.18. The van der Waals surface area contributed by atoms with Gasteiger partial charge in [0.1, 0.15) is 15.9 Å². The molecule has 2 aromatic rings. The molecule has 1 aromatic carbocycles. The van der Waals surface area contributed by atoms with Crippen molar-refractivity contribution in [3.8, 4) is 6.01 Å². The van der Waals surface area contributed by atoms with Crippen LogP contribution in [0.3, 0.4) is 0 Å². The smallest absolute Gasteiger partial charge is 0.339 e. The zero-order valence-corrected chi connectivity index (χ0v) is 15.8. The van der Waals surface area contributed by atoms with Crippen LogP contribution in [0.5, 0.6) is 6.01 Å². The summed E-state index contributed by atoms with van der Waals surface area (Å²) in [6.45, 7) is 1.65. The fourth-order valence-corrected chi connectivity index (χ4v) is 3.23. The van der Waals surface area contributed by atoms with Gasteiger partial charge in [-0.05, 0) is 19.1 Å². The van der Waals surface area contributed by atoms with E-state index in [1.165, 1.54) is 37.4 Å². The molecule has 1 aromatic heterocycles. The summed E-state index contributed by atoms with van der Waals surface area (Å²) in [4.78, 5) is 31.1. The maximum absolute atomic E-state index is 12.5. The number of halogens is 1. The van der Waals surface area contributed by atoms with Crippen LogP contribution in [0, 0.1) is 0 Å². The number of benzene rings is 1. The Bertz CT molecular complexity index is 967. The molecule has 10 nitrogen and oxygen atoms in total. The number of ether oxygens (including phenoxy) is 2. The van der Waals surface area contributed by atoms with Crippen molar-refractivity contribution in [2.24, 2.45) is 0 Å². The summed E-state index contributed by atoms with van der Waals surface area (Å²) in [7, 11) is -3.07. The average Bonchev–Trinajstić information content (AvgIpc) is 2.60. The highest BCUT2D eigenvalue weighted by atomic mass is 35.5. The minimum Gasteiger partial charge on any atom is -0.467 e. The lowest BCUT2D eigenvalue weighted by Gasteiger charge is -2.11. The molecule has 0 atom stereocenters. The molecule has 1 heterocycles. The second-order valence-corrected chi connectivity index (χ2v) is 6.88. The van der Waals surface area contributed by atoms with E-state index in [-0.39, 0.29) is 29.2 Å². The Morgan fingerprint density at radius 3 is 2.59 bits per heavy atom. The number of aromatic nitrogens is 2. The van der Waals surface area contributed by atoms with Gasteiger partial charge in [-0.3, -0.25) is 5.32 Å². The first-order valence-electron chi connectivity index (χ1n) is 7.45. The molecule has 27 heavy (non-hydrogen) atoms. The second-order valence-electron chi connectivity index (χ2n) is 4.84. The third-order valence-electron chi connectivity index (χ3n) is 3.00. The van der Waals surface area contributed by atoms with Crippen molar-refractivity contribution in [3.63, 3.8) is 0 Å². The SMILES string of the molecule is CCOC(=O)c1ccccc1S(=O)(=O)NC(=O)Nc1cc(Cl)nc(OC)n1. The van der Waals surface area contributed by atoms with Gasteiger partial charge in [0.15, 0.2) is 0 Å². The van der Waals surface area contributed by atoms with E-state index in [4.69, 9.17) is 21.1 Å². The molecule has 0 unspecified atom stereocenters. The number of methoxy groups -OCH3 is 1. The summed E-state index contributed by atoms with van der Waals surface area (Å²) < 4.78 is 36.4. The molecule has 0 fully saturated rings. The van der Waals surface area contributed by atoms with Gasteiger partial charge in [0.25, 0.3) is 10.0 Å². The van der Waals surface area contributed by atoms with Crippen LogP contribution in [0.4, 0.5) is 10.6 Å². The molecular formula is C15H15ClN4O6S. The predicted molar refractivity (Wildman–Crippen MR) is 95.3 cm³/mol. The zero-order chi connectivity index (χ0) is 20.0. The number of hydrogen-bond donors (Lipinski definition) is 2. The second kappa shape index (κ2) is 8.64. The van der Waals surface area contributed by atoms with E-state index in [1.807, 2.05) is 0 Å². The number of rotatable bonds is 6. The first-order chi connectivity index (χ1) is 12.8. The Labute approximate surface area is 159 Å². The average molecular weight is 415 g/mol. The summed E-state index contributed by atoms with van der Waals surface area (Å²) in [6, 6.07) is 5.29. The van der Waals surface area contributed by atoms with Crippen LogP contribution in [0.25, 0.3) is 0 Å². The molecule has 2 amide bonds. The number of carbonyl (C=O) groups excluding carboxylic acids is 2. The molecule has 0 bridgehead atoms. The Morgan fingerprint density at radius 1 is 1.22 bits per heavy atom. The highest BCUT2D eigenvalue weighted by molar-refractivity contribution is 7.90. The fraction of sp³-hybridized carbons (Fsp3) is 0.200. The van der Waals surface area contributed by atoms with E-state index in [2.05, 4.69) is 15.3 Å². The summed E-state index contributed by atoms with van der Waals surface area (Å²) >= 11 is 5.75. The number of urea groups is 1. The van der Waals surface area contributed by atoms with E-state index in [0.29, 0.717) is 0 Å². The number of nitrogens with zero attached hydrogens (tertiary/aromatic N) is 2. The van der Waals surface area contributed by atoms with Crippen molar-refractivity contribution < 1.29 is 27.5 Å². The molecule has 0 aliphatic carbocycles. The molecule has 0 saturated heterocycles. The van der Waals surface area contributed by atoms with Gasteiger partial charge in [0.05, 0.1) is 19.3 Å². The molecule has 0 spiro atoms. The third-order valence-corrected chi connectivity index (χ3v) is 4.58. The highest BCUT2D eigenvalue weighted by Gasteiger charge is 2.25. The molecule has 0 aliphatic heterocycles. The molecule has 144 valence electrons. The number of carbonyl (C=O) groups is 2. The summed E-state index contributed by atoms with van der Waals surface area (Å²) in [5.74, 6) is -0.913. The number of amides is 2. The molecule has 0 saturated carbocycles. The van der Waals surface area contributed by atoms with Gasteiger partial charge < -0.3 is 9.47 Å². The monoisotopic (exact) mass is 414 g/mol. The predicted octanol–water partition coefficient (Wildman–Crippen LogP) is 1.83. The van der Waals surface area contributed by atoms with Gasteiger partial charge >= 0.3 is 18.0 Å². The van der Waals surface area contributed by atoms with E-state index < -0.39 is 26.9 Å². The first-order valence-corrected chi connectivity index (χ1v) is 9.31. The molecule has 2 N–H and O–H groups in total. The van der Waals surface area contributed by atoms with Crippen molar-refractivity contribution in [3.05, 3.63) is 41.0 Å². The number of esters is 1. The molecular weight excluding hydrogens is 400 g/mol. The lowest BCUT2D eigenvalue weighted by molar-refractivity contribution is 0.0521. The van der Waals surface area contributed by atoms with Crippen molar-refractivity contribution in [2.75, 3.05) is 19.0 Å². The highest BCUT2D eigenvalue weighted by Crippen LogP contribution is 2.18. The summed E-state index contributed by atoms with van der Waals surface area (Å²) in [6.07, 6.45) is 0. The summed E-state index contributed by atoms with van der Waals surface area (Å²) in [5.41, 5.74) is -0.202. The van der Waals surface area contributed by atoms with Crippen molar-refractivity contribution >= 4 is 39.4 Å². The quantitative estimate of drug-likeness (QED) is 0.539. The minimum absolute atomic E-state index is 0.0207. The van der Waals surface area contributed by atoms with Gasteiger partial charge in [-0.25, -0.2) is 22.7 Å². The molecule has 12 heteroatoms. The molecule has 0 aliphatic rings. The van der Waals surface area contributed by atoms with E-state index in [0.717, 1.165) is 0 Å². The Hall–Kier alpha value is -2.92. The molecule has 0 radical (unpaired) electrons. The van der Waals surface area contributed by atoms with Gasteiger partial charge in [0.2, 0.25) is 0 Å². The van der Waals surface area contributed by atoms with E-state index >= 15 is 0 Å². The van der Waals surface area contributed by atoms with E-state index in [1.54, 1.807) is 11.6 Å². The number of anilines is 1. The van der Waals surface area contributed by atoms with Crippen LogP contribution in [0.15, 0.2) is 35.2 Å². The van der Waals surface area contributed by atoms with Crippen molar-refractivity contribution in [2.45, 2.75) is 11.8 Å². The van der Waals surface area contributed by atoms with Gasteiger partial charge in [-0.2, -0.15) is 9.97 Å². The normalized spacial score (nSPS) is 10.8. The Balaban J connectivity index is 2.23. The third kappa shape index (κ3) is 5.28. The maximum atomic E-state index is 12.5. The van der Waals surface area contributed by atoms with Gasteiger partial charge in [0, 0.05) is 6.07 Å². The van der Waals surface area contributed by atoms with Crippen molar-refractivity contribution in [1.29, 1.82) is 0 Å². The van der Waals surface area contributed by atoms with Crippen LogP contribution in [0.1, 0.15) is 17.3 Å². The van der Waals surface area contributed by atoms with Crippen LogP contribution >= 0.6 is 11.6 Å².